The molecule has 1 fully saturated rings. The van der Waals surface area contributed by atoms with Crippen LogP contribution in [0.3, 0.4) is 0 Å². The van der Waals surface area contributed by atoms with Gasteiger partial charge in [0.05, 0.1) is 16.3 Å². The maximum atomic E-state index is 10.4. The van der Waals surface area contributed by atoms with Crippen molar-refractivity contribution in [1.82, 2.24) is 9.88 Å². The van der Waals surface area contributed by atoms with E-state index in [1.54, 1.807) is 23.1 Å². The second-order valence-corrected chi connectivity index (χ2v) is 9.49. The summed E-state index contributed by atoms with van der Waals surface area (Å²) in [5.74, 6) is 0.746. The standard InChI is InChI=1S/C22H27N3OS2/c1-24(22-23-20-9-5-6-10-21(20)28-22)17-11-13-25(14-12-17)15-18(26)16-27-19-7-3-2-4-8-19/h2-10,17-18,26H,11-16H2,1H3. The molecular formula is C22H27N3OS2. The lowest BCUT2D eigenvalue weighted by atomic mass is 10.0. The highest BCUT2D eigenvalue weighted by molar-refractivity contribution is 7.99. The van der Waals surface area contributed by atoms with Crippen LogP contribution in [-0.2, 0) is 0 Å². The molecule has 0 saturated carbocycles. The third-order valence-corrected chi connectivity index (χ3v) is 7.63. The van der Waals surface area contributed by atoms with Crippen LogP contribution in [0.1, 0.15) is 12.8 Å². The molecule has 0 spiro atoms. The molecule has 0 radical (unpaired) electrons. The fourth-order valence-electron chi connectivity index (χ4n) is 3.72. The molecule has 1 aliphatic heterocycles. The van der Waals surface area contributed by atoms with Crippen molar-refractivity contribution in [3.05, 3.63) is 54.6 Å². The summed E-state index contributed by atoms with van der Waals surface area (Å²) in [5.41, 5.74) is 1.09. The third-order valence-electron chi connectivity index (χ3n) is 5.34. The number of aromatic nitrogens is 1. The average molecular weight is 414 g/mol. The number of thioether (sulfide) groups is 1. The number of likely N-dealkylation sites (tertiary alicyclic amines) is 1. The summed E-state index contributed by atoms with van der Waals surface area (Å²) in [4.78, 5) is 10.8. The molecule has 1 N–H and O–H groups in total. The van der Waals surface area contributed by atoms with Gasteiger partial charge >= 0.3 is 0 Å². The number of hydrogen-bond donors (Lipinski definition) is 1. The van der Waals surface area contributed by atoms with Crippen LogP contribution in [0.5, 0.6) is 0 Å². The zero-order valence-corrected chi connectivity index (χ0v) is 17.8. The van der Waals surface area contributed by atoms with E-state index in [9.17, 15) is 5.11 Å². The Morgan fingerprint density at radius 3 is 2.61 bits per heavy atom. The van der Waals surface area contributed by atoms with Gasteiger partial charge in [-0.2, -0.15) is 0 Å². The summed E-state index contributed by atoms with van der Waals surface area (Å²) in [6.07, 6.45) is 1.94. The predicted molar refractivity (Wildman–Crippen MR) is 121 cm³/mol. The van der Waals surface area contributed by atoms with Gasteiger partial charge in [0.2, 0.25) is 0 Å². The van der Waals surface area contributed by atoms with Gasteiger partial charge in [-0.3, -0.25) is 0 Å². The topological polar surface area (TPSA) is 39.6 Å². The summed E-state index contributed by atoms with van der Waals surface area (Å²) in [6, 6.07) is 19.2. The van der Waals surface area contributed by atoms with E-state index in [2.05, 4.69) is 47.2 Å². The maximum absolute atomic E-state index is 10.4. The Hall–Kier alpha value is -1.60. The number of rotatable bonds is 7. The van der Waals surface area contributed by atoms with Gasteiger partial charge in [0.1, 0.15) is 0 Å². The summed E-state index contributed by atoms with van der Waals surface area (Å²) in [6.45, 7) is 2.83. The molecule has 0 bridgehead atoms. The minimum absolute atomic E-state index is 0.288. The van der Waals surface area contributed by atoms with Crippen LogP contribution in [0.2, 0.25) is 0 Å². The van der Waals surface area contributed by atoms with Crippen LogP contribution in [0, 0.1) is 0 Å². The normalized spacial score (nSPS) is 17.1. The fourth-order valence-corrected chi connectivity index (χ4v) is 5.55. The highest BCUT2D eigenvalue weighted by Crippen LogP contribution is 2.31. The molecule has 1 aromatic heterocycles. The number of β-amino-alcohol motifs (C(OH)–C–C–N with tert-alkyl or cyclic N) is 1. The average Bonchev–Trinajstić information content (AvgIpc) is 3.17. The Morgan fingerprint density at radius 2 is 1.86 bits per heavy atom. The minimum atomic E-state index is -0.288. The van der Waals surface area contributed by atoms with E-state index in [4.69, 9.17) is 4.98 Å². The van der Waals surface area contributed by atoms with Crippen molar-refractivity contribution in [3.63, 3.8) is 0 Å². The molecule has 4 nitrogen and oxygen atoms in total. The first kappa shape index (κ1) is 19.7. The van der Waals surface area contributed by atoms with E-state index in [-0.39, 0.29) is 6.10 Å². The lowest BCUT2D eigenvalue weighted by Crippen LogP contribution is -2.45. The van der Waals surface area contributed by atoms with Crippen LogP contribution in [-0.4, -0.2) is 59.6 Å². The van der Waals surface area contributed by atoms with Crippen molar-refractivity contribution < 1.29 is 5.11 Å². The number of nitrogens with zero attached hydrogens (tertiary/aromatic N) is 3. The zero-order valence-electron chi connectivity index (χ0n) is 16.2. The van der Waals surface area contributed by atoms with E-state index >= 15 is 0 Å². The van der Waals surface area contributed by atoms with Gasteiger partial charge in [-0.05, 0) is 37.1 Å². The number of aliphatic hydroxyl groups is 1. The van der Waals surface area contributed by atoms with Crippen molar-refractivity contribution in [2.24, 2.45) is 0 Å². The molecule has 2 aromatic carbocycles. The second-order valence-electron chi connectivity index (χ2n) is 7.38. The quantitative estimate of drug-likeness (QED) is 0.583. The van der Waals surface area contributed by atoms with E-state index in [0.29, 0.717) is 6.04 Å². The Kier molecular flexibility index (Phi) is 6.52. The van der Waals surface area contributed by atoms with Crippen LogP contribution in [0.15, 0.2) is 59.5 Å². The molecule has 28 heavy (non-hydrogen) atoms. The van der Waals surface area contributed by atoms with Crippen molar-refractivity contribution in [2.75, 3.05) is 37.3 Å². The maximum Gasteiger partial charge on any atom is 0.186 e. The Bertz CT molecular complexity index is 845. The predicted octanol–water partition coefficient (Wildman–Crippen LogP) is 4.35. The number of thiazole rings is 1. The van der Waals surface area contributed by atoms with Crippen LogP contribution < -0.4 is 4.90 Å². The smallest absolute Gasteiger partial charge is 0.186 e. The van der Waals surface area contributed by atoms with E-state index < -0.39 is 0 Å². The molecule has 1 aliphatic rings. The molecule has 1 atom stereocenters. The number of piperidine rings is 1. The van der Waals surface area contributed by atoms with Crippen LogP contribution in [0.4, 0.5) is 5.13 Å². The lowest BCUT2D eigenvalue weighted by molar-refractivity contribution is 0.112. The van der Waals surface area contributed by atoms with E-state index in [0.717, 1.165) is 48.9 Å². The van der Waals surface area contributed by atoms with E-state index in [1.807, 2.05) is 24.3 Å². The molecule has 2 heterocycles. The van der Waals surface area contributed by atoms with Crippen molar-refractivity contribution in [2.45, 2.75) is 29.9 Å². The monoisotopic (exact) mass is 413 g/mol. The fraction of sp³-hybridized carbons (Fsp3) is 0.409. The van der Waals surface area contributed by atoms with Gasteiger partial charge in [0, 0.05) is 43.4 Å². The third kappa shape index (κ3) is 4.87. The number of fused-ring (bicyclic) bond motifs is 1. The minimum Gasteiger partial charge on any atom is -0.391 e. The molecule has 0 amide bonds. The van der Waals surface area contributed by atoms with Crippen molar-refractivity contribution in [3.8, 4) is 0 Å². The van der Waals surface area contributed by atoms with Gasteiger partial charge in [0.15, 0.2) is 5.13 Å². The Labute approximate surface area is 175 Å². The number of hydrogen-bond acceptors (Lipinski definition) is 6. The van der Waals surface area contributed by atoms with Gasteiger partial charge in [0.25, 0.3) is 0 Å². The molecular weight excluding hydrogens is 386 g/mol. The number of benzene rings is 2. The SMILES string of the molecule is CN(c1nc2ccccc2s1)C1CCN(CC(O)CSc2ccccc2)CC1. The molecule has 3 aromatic rings. The Morgan fingerprint density at radius 1 is 1.14 bits per heavy atom. The zero-order chi connectivity index (χ0) is 19.3. The van der Waals surface area contributed by atoms with Gasteiger partial charge < -0.3 is 14.9 Å². The largest absolute Gasteiger partial charge is 0.391 e. The first-order valence-corrected chi connectivity index (χ1v) is 11.7. The van der Waals surface area contributed by atoms with Gasteiger partial charge in [-0.15, -0.1) is 11.8 Å². The van der Waals surface area contributed by atoms with Crippen molar-refractivity contribution >= 4 is 38.4 Å². The summed E-state index contributed by atoms with van der Waals surface area (Å²) >= 11 is 3.50. The van der Waals surface area contributed by atoms with Gasteiger partial charge in [-0.25, -0.2) is 4.98 Å². The molecule has 1 unspecified atom stereocenters. The molecule has 148 valence electrons. The van der Waals surface area contributed by atoms with Crippen LogP contribution >= 0.6 is 23.1 Å². The number of aliphatic hydroxyl groups excluding tert-OH is 1. The number of para-hydroxylation sites is 1. The summed E-state index contributed by atoms with van der Waals surface area (Å²) < 4.78 is 1.25. The first-order valence-electron chi connectivity index (χ1n) is 9.86. The summed E-state index contributed by atoms with van der Waals surface area (Å²) in [7, 11) is 2.17. The van der Waals surface area contributed by atoms with Crippen molar-refractivity contribution in [1.29, 1.82) is 0 Å². The molecule has 1 saturated heterocycles. The Balaban J connectivity index is 1.24. The highest BCUT2D eigenvalue weighted by atomic mass is 32.2. The second kappa shape index (κ2) is 9.27. The molecule has 0 aliphatic carbocycles. The molecule has 4 rings (SSSR count). The molecule has 6 heteroatoms. The first-order chi connectivity index (χ1) is 13.7. The number of anilines is 1. The lowest BCUT2D eigenvalue weighted by Gasteiger charge is -2.37. The van der Waals surface area contributed by atoms with Gasteiger partial charge in [-0.1, -0.05) is 41.7 Å². The summed E-state index contributed by atoms with van der Waals surface area (Å²) in [5, 5.41) is 11.5. The van der Waals surface area contributed by atoms with Crippen LogP contribution in [0.25, 0.3) is 10.2 Å². The highest BCUT2D eigenvalue weighted by Gasteiger charge is 2.25. The van der Waals surface area contributed by atoms with E-state index in [1.165, 1.54) is 9.60 Å².